The first-order valence-corrected chi connectivity index (χ1v) is 12.5. The predicted molar refractivity (Wildman–Crippen MR) is 149 cm³/mol. The lowest BCUT2D eigenvalue weighted by molar-refractivity contribution is 0.628. The standard InChI is InChI=1S/C32H23N5/c1-32(2)24-10-7-11-26-30(24)37(31(35-26)20-17-33-19-34-18-20)29-15-14-21(16-25(29)32)36-27-12-5-3-8-22(27)23-9-4-6-13-28(23)36/h3-19H,1-2H3. The Labute approximate surface area is 213 Å². The number of fused-ring (bicyclic) bond motifs is 5. The van der Waals surface area contributed by atoms with Gasteiger partial charge in [-0.25, -0.2) is 15.0 Å². The van der Waals surface area contributed by atoms with Gasteiger partial charge >= 0.3 is 0 Å². The van der Waals surface area contributed by atoms with Crippen LogP contribution in [0, 0.1) is 0 Å². The molecule has 5 nitrogen and oxygen atoms in total. The molecule has 37 heavy (non-hydrogen) atoms. The quantitative estimate of drug-likeness (QED) is 0.264. The summed E-state index contributed by atoms with van der Waals surface area (Å²) in [5.41, 5.74) is 10.1. The van der Waals surface area contributed by atoms with Gasteiger partial charge in [-0.05, 0) is 47.5 Å². The van der Waals surface area contributed by atoms with Gasteiger partial charge < -0.3 is 4.57 Å². The summed E-state index contributed by atoms with van der Waals surface area (Å²) >= 11 is 0. The van der Waals surface area contributed by atoms with E-state index >= 15 is 0 Å². The SMILES string of the molecule is CC1(C)c2cc(-n3c4ccccc4c4ccccc43)ccc2-n2c(-c3cncnc3)nc3cccc1c32. The average Bonchev–Trinajstić information content (AvgIpc) is 3.49. The molecule has 8 rings (SSSR count). The van der Waals surface area contributed by atoms with E-state index in [1.54, 1.807) is 6.33 Å². The van der Waals surface area contributed by atoms with Crippen molar-refractivity contribution in [3.63, 3.8) is 0 Å². The molecule has 0 N–H and O–H groups in total. The number of hydrogen-bond acceptors (Lipinski definition) is 3. The summed E-state index contributed by atoms with van der Waals surface area (Å²) < 4.78 is 4.68. The Morgan fingerprint density at radius 2 is 1.38 bits per heavy atom. The Morgan fingerprint density at radius 1 is 0.676 bits per heavy atom. The van der Waals surface area contributed by atoms with Crippen LogP contribution >= 0.6 is 0 Å². The van der Waals surface area contributed by atoms with E-state index in [0.717, 1.165) is 33.8 Å². The number of rotatable bonds is 2. The average molecular weight is 478 g/mol. The second-order valence-corrected chi connectivity index (χ2v) is 10.3. The van der Waals surface area contributed by atoms with Crippen molar-refractivity contribution < 1.29 is 0 Å². The molecule has 0 amide bonds. The smallest absolute Gasteiger partial charge is 0.148 e. The number of benzene rings is 4. The van der Waals surface area contributed by atoms with Crippen LogP contribution in [0.25, 0.3) is 55.6 Å². The predicted octanol–water partition coefficient (Wildman–Crippen LogP) is 7.22. The molecule has 0 fully saturated rings. The number of para-hydroxylation sites is 3. The third-order valence-electron chi connectivity index (χ3n) is 7.90. The van der Waals surface area contributed by atoms with Gasteiger partial charge in [-0.2, -0.15) is 0 Å². The number of nitrogens with zero attached hydrogens (tertiary/aromatic N) is 5. The van der Waals surface area contributed by atoms with E-state index in [1.165, 1.54) is 32.9 Å². The van der Waals surface area contributed by atoms with E-state index in [2.05, 4.69) is 118 Å². The third-order valence-corrected chi connectivity index (χ3v) is 7.90. The van der Waals surface area contributed by atoms with E-state index < -0.39 is 0 Å². The van der Waals surface area contributed by atoms with E-state index in [1.807, 2.05) is 12.4 Å². The van der Waals surface area contributed by atoms with Crippen LogP contribution in [-0.2, 0) is 5.41 Å². The number of hydrogen-bond donors (Lipinski definition) is 0. The normalized spacial score (nSPS) is 13.9. The van der Waals surface area contributed by atoms with Gasteiger partial charge in [-0.3, -0.25) is 4.57 Å². The van der Waals surface area contributed by atoms with Crippen LogP contribution in [0.5, 0.6) is 0 Å². The summed E-state index contributed by atoms with van der Waals surface area (Å²) in [6.07, 6.45) is 5.23. The van der Waals surface area contributed by atoms with E-state index in [9.17, 15) is 0 Å². The minimum atomic E-state index is -0.204. The highest BCUT2D eigenvalue weighted by Gasteiger charge is 2.36. The van der Waals surface area contributed by atoms with Gasteiger partial charge in [0, 0.05) is 34.3 Å². The van der Waals surface area contributed by atoms with Crippen molar-refractivity contribution in [3.05, 3.63) is 115 Å². The van der Waals surface area contributed by atoms with Crippen molar-refractivity contribution in [2.75, 3.05) is 0 Å². The molecule has 0 aliphatic carbocycles. The fourth-order valence-electron chi connectivity index (χ4n) is 6.18. The molecule has 0 saturated heterocycles. The molecule has 0 radical (unpaired) electrons. The van der Waals surface area contributed by atoms with Gasteiger partial charge in [0.1, 0.15) is 12.2 Å². The largest absolute Gasteiger partial charge is 0.309 e. The molecule has 0 bridgehead atoms. The zero-order valence-corrected chi connectivity index (χ0v) is 20.6. The summed E-state index contributed by atoms with van der Waals surface area (Å²) in [5.74, 6) is 0.865. The summed E-state index contributed by atoms with van der Waals surface area (Å²) in [5, 5.41) is 2.53. The highest BCUT2D eigenvalue weighted by Crippen LogP contribution is 2.47. The van der Waals surface area contributed by atoms with Crippen LogP contribution in [0.4, 0.5) is 0 Å². The molecule has 3 aromatic heterocycles. The van der Waals surface area contributed by atoms with E-state index in [0.29, 0.717) is 0 Å². The molecular weight excluding hydrogens is 454 g/mol. The maximum absolute atomic E-state index is 5.05. The third kappa shape index (κ3) is 2.66. The fourth-order valence-corrected chi connectivity index (χ4v) is 6.18. The second-order valence-electron chi connectivity index (χ2n) is 10.3. The van der Waals surface area contributed by atoms with Crippen LogP contribution in [0.3, 0.4) is 0 Å². The summed E-state index contributed by atoms with van der Waals surface area (Å²) in [4.78, 5) is 13.6. The molecule has 4 heterocycles. The van der Waals surface area contributed by atoms with Crippen molar-refractivity contribution in [1.29, 1.82) is 0 Å². The highest BCUT2D eigenvalue weighted by molar-refractivity contribution is 6.09. The fraction of sp³-hybridized carbons (Fsp3) is 0.0938. The van der Waals surface area contributed by atoms with Crippen molar-refractivity contribution >= 4 is 32.8 Å². The maximum atomic E-state index is 5.05. The molecule has 0 unspecified atom stereocenters. The Bertz CT molecular complexity index is 1960. The van der Waals surface area contributed by atoms with Gasteiger partial charge in [0.25, 0.3) is 0 Å². The van der Waals surface area contributed by atoms with Crippen LogP contribution in [0.15, 0.2) is 104 Å². The van der Waals surface area contributed by atoms with Gasteiger partial charge in [0.2, 0.25) is 0 Å². The molecule has 1 aliphatic rings. The number of imidazole rings is 1. The molecule has 0 spiro atoms. The lowest BCUT2D eigenvalue weighted by atomic mass is 9.74. The van der Waals surface area contributed by atoms with Crippen molar-refractivity contribution in [3.8, 4) is 22.8 Å². The Balaban J connectivity index is 1.46. The monoisotopic (exact) mass is 477 g/mol. The zero-order valence-electron chi connectivity index (χ0n) is 20.6. The van der Waals surface area contributed by atoms with Crippen molar-refractivity contribution in [2.24, 2.45) is 0 Å². The molecule has 1 aliphatic heterocycles. The van der Waals surface area contributed by atoms with E-state index in [-0.39, 0.29) is 5.41 Å². The van der Waals surface area contributed by atoms with Crippen LogP contribution in [-0.4, -0.2) is 24.1 Å². The van der Waals surface area contributed by atoms with Crippen molar-refractivity contribution in [2.45, 2.75) is 19.3 Å². The minimum absolute atomic E-state index is 0.204. The summed E-state index contributed by atoms with van der Waals surface area (Å²) in [6, 6.07) is 30.6. The van der Waals surface area contributed by atoms with Gasteiger partial charge in [0.15, 0.2) is 0 Å². The summed E-state index contributed by atoms with van der Waals surface area (Å²) in [7, 11) is 0. The lowest BCUT2D eigenvalue weighted by Crippen LogP contribution is -2.26. The Morgan fingerprint density at radius 3 is 2.11 bits per heavy atom. The first-order valence-electron chi connectivity index (χ1n) is 12.5. The molecule has 176 valence electrons. The molecular formula is C32H23N5. The lowest BCUT2D eigenvalue weighted by Gasteiger charge is -2.35. The van der Waals surface area contributed by atoms with E-state index in [4.69, 9.17) is 4.98 Å². The molecule has 0 saturated carbocycles. The Hall–Kier alpha value is -4.77. The van der Waals surface area contributed by atoms with Crippen LogP contribution in [0.2, 0.25) is 0 Å². The molecule has 4 aromatic carbocycles. The first-order chi connectivity index (χ1) is 18.1. The minimum Gasteiger partial charge on any atom is -0.309 e. The van der Waals surface area contributed by atoms with Crippen LogP contribution < -0.4 is 0 Å². The molecule has 0 atom stereocenters. The van der Waals surface area contributed by atoms with Gasteiger partial charge in [-0.1, -0.05) is 62.4 Å². The molecule has 7 aromatic rings. The Kier molecular flexibility index (Phi) is 3.94. The second kappa shape index (κ2) is 7.14. The van der Waals surface area contributed by atoms with Gasteiger partial charge in [0.05, 0.1) is 33.3 Å². The topological polar surface area (TPSA) is 48.5 Å². The zero-order chi connectivity index (χ0) is 24.7. The first kappa shape index (κ1) is 20.4. The van der Waals surface area contributed by atoms with Crippen molar-refractivity contribution in [1.82, 2.24) is 24.1 Å². The molecule has 5 heteroatoms. The van der Waals surface area contributed by atoms with Crippen LogP contribution in [0.1, 0.15) is 25.0 Å². The van der Waals surface area contributed by atoms with Gasteiger partial charge in [-0.15, -0.1) is 0 Å². The summed E-state index contributed by atoms with van der Waals surface area (Å²) in [6.45, 7) is 4.64. The maximum Gasteiger partial charge on any atom is 0.148 e. The highest BCUT2D eigenvalue weighted by atomic mass is 15.1. The number of aromatic nitrogens is 5.